The standard InChI is InChI=1S/C22H20ClNO5S/c1-3-28-19-9-7-18(8-10-19)24-15-16-4-13-21(22(14-16)27-2)29-30(25,26)20-11-5-17(23)6-12-20/h4-15H,3H2,1-2H3. The van der Waals surface area contributed by atoms with E-state index >= 15 is 0 Å². The fraction of sp³-hybridized carbons (Fsp3) is 0.136. The van der Waals surface area contributed by atoms with Crippen LogP contribution in [0.15, 0.2) is 76.6 Å². The summed E-state index contributed by atoms with van der Waals surface area (Å²) in [7, 11) is -2.59. The highest BCUT2D eigenvalue weighted by molar-refractivity contribution is 7.87. The Kier molecular flexibility index (Phi) is 6.97. The van der Waals surface area contributed by atoms with Crippen molar-refractivity contribution >= 4 is 33.6 Å². The quantitative estimate of drug-likeness (QED) is 0.349. The highest BCUT2D eigenvalue weighted by Gasteiger charge is 2.19. The van der Waals surface area contributed by atoms with Crippen molar-refractivity contribution in [2.24, 2.45) is 4.99 Å². The molecular formula is C22H20ClNO5S. The van der Waals surface area contributed by atoms with E-state index in [1.165, 1.54) is 37.4 Å². The van der Waals surface area contributed by atoms with Crippen LogP contribution in [-0.2, 0) is 10.1 Å². The third-order valence-electron chi connectivity index (χ3n) is 4.00. The molecule has 0 radical (unpaired) electrons. The third kappa shape index (κ3) is 5.52. The SMILES string of the molecule is CCOc1ccc(N=Cc2ccc(OS(=O)(=O)c3ccc(Cl)cc3)c(OC)c2)cc1. The van der Waals surface area contributed by atoms with E-state index in [0.29, 0.717) is 11.6 Å². The molecule has 0 unspecified atom stereocenters. The molecule has 0 saturated carbocycles. The Morgan fingerprint density at radius 2 is 1.67 bits per heavy atom. The van der Waals surface area contributed by atoms with Crippen molar-refractivity contribution in [3.63, 3.8) is 0 Å². The molecule has 6 nitrogen and oxygen atoms in total. The Morgan fingerprint density at radius 1 is 0.967 bits per heavy atom. The van der Waals surface area contributed by atoms with Crippen LogP contribution in [0.2, 0.25) is 5.02 Å². The molecule has 0 aromatic heterocycles. The Balaban J connectivity index is 1.78. The second-order valence-corrected chi connectivity index (χ2v) is 8.07. The lowest BCUT2D eigenvalue weighted by Crippen LogP contribution is -2.10. The number of benzene rings is 3. The second-order valence-electron chi connectivity index (χ2n) is 6.09. The van der Waals surface area contributed by atoms with Crippen LogP contribution in [-0.4, -0.2) is 28.3 Å². The summed E-state index contributed by atoms with van der Waals surface area (Å²) >= 11 is 5.81. The number of hydrogen-bond acceptors (Lipinski definition) is 6. The minimum atomic E-state index is -4.02. The van der Waals surface area contributed by atoms with Crippen molar-refractivity contribution in [3.05, 3.63) is 77.3 Å². The average molecular weight is 446 g/mol. The van der Waals surface area contributed by atoms with Gasteiger partial charge in [-0.1, -0.05) is 11.6 Å². The fourth-order valence-electron chi connectivity index (χ4n) is 2.55. The number of aliphatic imine (C=N–C) groups is 1. The number of nitrogens with zero attached hydrogens (tertiary/aromatic N) is 1. The van der Waals surface area contributed by atoms with Gasteiger partial charge in [-0.2, -0.15) is 8.42 Å². The monoisotopic (exact) mass is 445 g/mol. The van der Waals surface area contributed by atoms with Gasteiger partial charge in [0.1, 0.15) is 10.6 Å². The van der Waals surface area contributed by atoms with Gasteiger partial charge in [0.2, 0.25) is 0 Å². The molecule has 0 saturated heterocycles. The molecule has 0 aliphatic carbocycles. The number of methoxy groups -OCH3 is 1. The molecule has 8 heteroatoms. The minimum Gasteiger partial charge on any atom is -0.494 e. The molecule has 3 rings (SSSR count). The molecule has 0 aliphatic heterocycles. The summed E-state index contributed by atoms with van der Waals surface area (Å²) in [5.41, 5.74) is 1.47. The lowest BCUT2D eigenvalue weighted by molar-refractivity contribution is 0.340. The Morgan fingerprint density at radius 3 is 2.30 bits per heavy atom. The van der Waals surface area contributed by atoms with E-state index in [-0.39, 0.29) is 16.4 Å². The molecule has 0 bridgehead atoms. The number of halogens is 1. The molecule has 0 N–H and O–H groups in total. The van der Waals surface area contributed by atoms with Crippen LogP contribution in [0.4, 0.5) is 5.69 Å². The lowest BCUT2D eigenvalue weighted by Gasteiger charge is -2.11. The van der Waals surface area contributed by atoms with E-state index in [1.807, 2.05) is 31.2 Å². The minimum absolute atomic E-state index is 0.00454. The van der Waals surface area contributed by atoms with Crippen molar-refractivity contribution in [2.45, 2.75) is 11.8 Å². The molecule has 0 aliphatic rings. The first-order valence-corrected chi connectivity index (χ1v) is 10.8. The molecule has 3 aromatic carbocycles. The molecule has 0 heterocycles. The van der Waals surface area contributed by atoms with E-state index in [4.69, 9.17) is 25.3 Å². The Bertz CT molecular complexity index is 1130. The third-order valence-corrected chi connectivity index (χ3v) is 5.50. The van der Waals surface area contributed by atoms with Crippen LogP contribution in [0.5, 0.6) is 17.2 Å². The van der Waals surface area contributed by atoms with Crippen LogP contribution >= 0.6 is 11.6 Å². The summed E-state index contributed by atoms with van der Waals surface area (Å²) < 4.78 is 40.9. The van der Waals surface area contributed by atoms with E-state index in [9.17, 15) is 8.42 Å². The van der Waals surface area contributed by atoms with E-state index in [0.717, 1.165) is 17.0 Å². The molecular weight excluding hydrogens is 426 g/mol. The van der Waals surface area contributed by atoms with Gasteiger partial charge in [0.05, 0.1) is 19.4 Å². The van der Waals surface area contributed by atoms with Crippen LogP contribution in [0.3, 0.4) is 0 Å². The van der Waals surface area contributed by atoms with Gasteiger partial charge >= 0.3 is 10.1 Å². The van der Waals surface area contributed by atoms with Gasteiger partial charge in [0.15, 0.2) is 11.5 Å². The Labute approximate surface area is 180 Å². The number of ether oxygens (including phenoxy) is 2. The second kappa shape index (κ2) is 9.65. The summed E-state index contributed by atoms with van der Waals surface area (Å²) in [4.78, 5) is 4.40. The smallest absolute Gasteiger partial charge is 0.339 e. The van der Waals surface area contributed by atoms with Gasteiger partial charge in [0.25, 0.3) is 0 Å². The zero-order chi connectivity index (χ0) is 21.6. The molecule has 0 amide bonds. The largest absolute Gasteiger partial charge is 0.494 e. The maximum absolute atomic E-state index is 12.5. The number of rotatable bonds is 8. The predicted molar refractivity (Wildman–Crippen MR) is 117 cm³/mol. The van der Waals surface area contributed by atoms with E-state index in [2.05, 4.69) is 4.99 Å². The molecule has 30 heavy (non-hydrogen) atoms. The van der Waals surface area contributed by atoms with Crippen LogP contribution in [0.25, 0.3) is 0 Å². The van der Waals surface area contributed by atoms with Gasteiger partial charge in [-0.05, 0) is 79.2 Å². The maximum Gasteiger partial charge on any atom is 0.339 e. The van der Waals surface area contributed by atoms with E-state index in [1.54, 1.807) is 18.3 Å². The molecule has 0 atom stereocenters. The van der Waals surface area contributed by atoms with Gasteiger partial charge in [-0.25, -0.2) is 0 Å². The molecule has 3 aromatic rings. The first-order valence-electron chi connectivity index (χ1n) is 9.06. The molecule has 0 spiro atoms. The first kappa shape index (κ1) is 21.7. The molecule has 0 fully saturated rings. The van der Waals surface area contributed by atoms with Crippen molar-refractivity contribution in [1.29, 1.82) is 0 Å². The topological polar surface area (TPSA) is 74.2 Å². The normalized spacial score (nSPS) is 11.4. The van der Waals surface area contributed by atoms with Crippen molar-refractivity contribution < 1.29 is 22.1 Å². The zero-order valence-corrected chi connectivity index (χ0v) is 18.0. The average Bonchev–Trinajstić information content (AvgIpc) is 2.74. The summed E-state index contributed by atoms with van der Waals surface area (Å²) in [5.74, 6) is 1.12. The zero-order valence-electron chi connectivity index (χ0n) is 16.4. The fourth-order valence-corrected chi connectivity index (χ4v) is 3.61. The van der Waals surface area contributed by atoms with Crippen molar-refractivity contribution in [1.82, 2.24) is 0 Å². The van der Waals surface area contributed by atoms with Crippen LogP contribution < -0.4 is 13.7 Å². The highest BCUT2D eigenvalue weighted by Crippen LogP contribution is 2.31. The van der Waals surface area contributed by atoms with Gasteiger partial charge < -0.3 is 13.7 Å². The van der Waals surface area contributed by atoms with E-state index < -0.39 is 10.1 Å². The lowest BCUT2D eigenvalue weighted by atomic mass is 10.2. The highest BCUT2D eigenvalue weighted by atomic mass is 35.5. The number of hydrogen-bond donors (Lipinski definition) is 0. The van der Waals surface area contributed by atoms with Gasteiger partial charge in [-0.15, -0.1) is 0 Å². The van der Waals surface area contributed by atoms with Crippen LogP contribution in [0.1, 0.15) is 12.5 Å². The van der Waals surface area contributed by atoms with Crippen molar-refractivity contribution in [3.8, 4) is 17.2 Å². The summed E-state index contributed by atoms with van der Waals surface area (Å²) in [6.45, 7) is 2.53. The molecule has 156 valence electrons. The summed E-state index contributed by atoms with van der Waals surface area (Å²) in [6.07, 6.45) is 1.65. The summed E-state index contributed by atoms with van der Waals surface area (Å²) in [6, 6.07) is 17.9. The predicted octanol–water partition coefficient (Wildman–Crippen LogP) is 5.27. The van der Waals surface area contributed by atoms with Gasteiger partial charge in [0, 0.05) is 11.2 Å². The Hall–Kier alpha value is -3.03. The summed E-state index contributed by atoms with van der Waals surface area (Å²) in [5, 5.41) is 0.433. The maximum atomic E-state index is 12.5. The van der Waals surface area contributed by atoms with Crippen LogP contribution in [0, 0.1) is 0 Å². The van der Waals surface area contributed by atoms with Crippen molar-refractivity contribution in [2.75, 3.05) is 13.7 Å². The first-order chi connectivity index (χ1) is 14.4. The van der Waals surface area contributed by atoms with Gasteiger partial charge in [-0.3, -0.25) is 4.99 Å².